The molecule has 2 aromatic heterocycles. The summed E-state index contributed by atoms with van der Waals surface area (Å²) in [5, 5.41) is 8.58. The van der Waals surface area contributed by atoms with Crippen molar-refractivity contribution in [3.05, 3.63) is 53.5 Å². The molecular formula is C24H27B3F3N7O2S. The number of piperidine rings is 1. The molecule has 0 bridgehead atoms. The predicted molar refractivity (Wildman–Crippen MR) is 149 cm³/mol. The predicted octanol–water partition coefficient (Wildman–Crippen LogP) is 2.09. The van der Waals surface area contributed by atoms with Crippen molar-refractivity contribution in [3.8, 4) is 16.9 Å². The van der Waals surface area contributed by atoms with Crippen LogP contribution in [0.1, 0.15) is 36.5 Å². The highest BCUT2D eigenvalue weighted by Gasteiger charge is 2.36. The van der Waals surface area contributed by atoms with E-state index >= 15 is 0 Å². The molecular weight excluding hydrogens is 540 g/mol. The van der Waals surface area contributed by atoms with Gasteiger partial charge in [0.1, 0.15) is 5.56 Å². The Labute approximate surface area is 235 Å². The van der Waals surface area contributed by atoms with E-state index in [1.54, 1.807) is 19.1 Å². The van der Waals surface area contributed by atoms with E-state index < -0.39 is 27.0 Å². The van der Waals surface area contributed by atoms with Crippen LogP contribution in [-0.2, 0) is 22.7 Å². The first-order chi connectivity index (χ1) is 18.7. The largest absolute Gasteiger partial charge is 0.419 e. The number of sulfonamides is 1. The molecule has 3 aromatic rings. The number of nitrogens with zero attached hydrogens (tertiary/aromatic N) is 5. The second-order valence-corrected chi connectivity index (χ2v) is 12.0. The average molecular weight is 567 g/mol. The molecule has 1 saturated heterocycles. The molecule has 9 nitrogen and oxygen atoms in total. The van der Waals surface area contributed by atoms with Crippen LogP contribution in [0.15, 0.2) is 36.8 Å². The van der Waals surface area contributed by atoms with Gasteiger partial charge in [0.15, 0.2) is 0 Å². The Kier molecular flexibility index (Phi) is 8.72. The topological polar surface area (TPSA) is 105 Å². The van der Waals surface area contributed by atoms with E-state index in [4.69, 9.17) is 23.5 Å². The lowest BCUT2D eigenvalue weighted by atomic mass is 9.49. The fraction of sp³-hybridized carbons (Fsp3) is 0.458. The molecule has 0 spiro atoms. The van der Waals surface area contributed by atoms with Gasteiger partial charge < -0.3 is 10.6 Å². The molecule has 206 valence electrons. The Morgan fingerprint density at radius 2 is 1.82 bits per heavy atom. The van der Waals surface area contributed by atoms with Gasteiger partial charge in [0.2, 0.25) is 16.0 Å². The normalized spacial score (nSPS) is 15.8. The number of aromatic nitrogens is 4. The molecule has 0 amide bonds. The second-order valence-electron chi connectivity index (χ2n) is 9.75. The van der Waals surface area contributed by atoms with Crippen molar-refractivity contribution in [2.45, 2.75) is 50.7 Å². The van der Waals surface area contributed by atoms with Gasteiger partial charge in [0.25, 0.3) is 0 Å². The second kappa shape index (κ2) is 11.6. The summed E-state index contributed by atoms with van der Waals surface area (Å²) >= 11 is 0. The summed E-state index contributed by atoms with van der Waals surface area (Å²) in [7, 11) is 13.3. The summed E-state index contributed by atoms with van der Waals surface area (Å²) in [5.74, 6) is 0.0408. The minimum absolute atomic E-state index is 0.0164. The maximum Gasteiger partial charge on any atom is 0.419 e. The lowest BCUT2D eigenvalue weighted by molar-refractivity contribution is -0.137. The van der Waals surface area contributed by atoms with Crippen LogP contribution in [-0.4, -0.2) is 86.1 Å². The Morgan fingerprint density at radius 3 is 2.42 bits per heavy atom. The van der Waals surface area contributed by atoms with Crippen molar-refractivity contribution in [1.82, 2.24) is 29.4 Å². The molecule has 16 heteroatoms. The number of aryl methyl sites for hydroxylation is 1. The molecule has 1 aliphatic rings. The van der Waals surface area contributed by atoms with Gasteiger partial charge in [-0.2, -0.15) is 18.3 Å². The van der Waals surface area contributed by atoms with Crippen LogP contribution in [0.3, 0.4) is 0 Å². The summed E-state index contributed by atoms with van der Waals surface area (Å²) < 4.78 is 68.8. The summed E-state index contributed by atoms with van der Waals surface area (Å²) in [4.78, 5) is 8.11. The number of halogens is 3. The van der Waals surface area contributed by atoms with Gasteiger partial charge in [0, 0.05) is 43.6 Å². The Balaban J connectivity index is 1.56. The van der Waals surface area contributed by atoms with Crippen molar-refractivity contribution in [3.63, 3.8) is 0 Å². The van der Waals surface area contributed by atoms with Gasteiger partial charge in [-0.05, 0) is 43.9 Å². The summed E-state index contributed by atoms with van der Waals surface area (Å²) in [6.45, 7) is 4.37. The van der Waals surface area contributed by atoms with Gasteiger partial charge in [-0.15, -0.1) is 0 Å². The Morgan fingerprint density at radius 1 is 1.12 bits per heavy atom. The van der Waals surface area contributed by atoms with Crippen molar-refractivity contribution >= 4 is 39.5 Å². The first-order valence-electron chi connectivity index (χ1n) is 12.6. The molecule has 3 heterocycles. The quantitative estimate of drug-likeness (QED) is 0.382. The summed E-state index contributed by atoms with van der Waals surface area (Å²) in [6, 6.07) is 5.25. The van der Waals surface area contributed by atoms with E-state index in [2.05, 4.69) is 25.7 Å². The molecule has 0 atom stereocenters. The zero-order chi connectivity index (χ0) is 29.3. The third kappa shape index (κ3) is 7.27. The van der Waals surface area contributed by atoms with Crippen LogP contribution in [0.4, 0.5) is 19.1 Å². The monoisotopic (exact) mass is 567 g/mol. The smallest absolute Gasteiger partial charge is 0.351 e. The lowest BCUT2D eigenvalue weighted by Crippen LogP contribution is -2.46. The molecule has 1 aromatic carbocycles. The van der Waals surface area contributed by atoms with Crippen LogP contribution in [0.5, 0.6) is 0 Å². The van der Waals surface area contributed by atoms with Crippen molar-refractivity contribution in [2.75, 3.05) is 24.2 Å². The Bertz CT molecular complexity index is 1450. The lowest BCUT2D eigenvalue weighted by Gasteiger charge is -2.31. The molecule has 0 saturated carbocycles. The van der Waals surface area contributed by atoms with Crippen LogP contribution < -0.4 is 10.6 Å². The maximum absolute atomic E-state index is 13.9. The molecule has 40 heavy (non-hydrogen) atoms. The number of hydrogen-bond acceptors (Lipinski definition) is 7. The summed E-state index contributed by atoms with van der Waals surface area (Å²) in [5.41, 5.74) is 1.17. The zero-order valence-corrected chi connectivity index (χ0v) is 22.9. The molecule has 1 fully saturated rings. The first kappa shape index (κ1) is 30.1. The highest BCUT2D eigenvalue weighted by atomic mass is 32.2. The van der Waals surface area contributed by atoms with Gasteiger partial charge in [-0.1, -0.05) is 17.4 Å². The fourth-order valence-electron chi connectivity index (χ4n) is 4.44. The number of alkyl halides is 3. The first-order valence-corrected chi connectivity index (χ1v) is 14.2. The van der Waals surface area contributed by atoms with Crippen molar-refractivity contribution in [1.29, 1.82) is 0 Å². The third-order valence-electron chi connectivity index (χ3n) is 6.60. The number of nitrogens with one attached hydrogen (secondary N) is 2. The van der Waals surface area contributed by atoms with E-state index in [1.807, 2.05) is 13.0 Å². The number of rotatable bonds is 9. The SMILES string of the molecule is [B]C([B])([B])NCc1ccc(-n2cc(-c3nc(NC4CCN(S(=O)(=O)CC)CC4)ncc3C(F)(F)F)cn2)c(C)c1. The zero-order valence-electron chi connectivity index (χ0n) is 22.1. The molecule has 0 aliphatic carbocycles. The number of hydrogen-bond donors (Lipinski definition) is 2. The van der Waals surface area contributed by atoms with Crippen molar-refractivity contribution in [2.24, 2.45) is 0 Å². The van der Waals surface area contributed by atoms with E-state index in [0.717, 1.165) is 17.3 Å². The molecule has 2 N–H and O–H groups in total. The van der Waals surface area contributed by atoms with Gasteiger partial charge in [0.05, 0.1) is 46.9 Å². The van der Waals surface area contributed by atoms with E-state index in [9.17, 15) is 21.6 Å². The maximum atomic E-state index is 13.9. The Hall–Kier alpha value is -2.84. The van der Waals surface area contributed by atoms with Crippen LogP contribution >= 0.6 is 0 Å². The highest BCUT2D eigenvalue weighted by molar-refractivity contribution is 7.89. The molecule has 6 radical (unpaired) electrons. The molecule has 0 unspecified atom stereocenters. The van der Waals surface area contributed by atoms with Crippen molar-refractivity contribution < 1.29 is 21.6 Å². The highest BCUT2D eigenvalue weighted by Crippen LogP contribution is 2.36. The minimum Gasteiger partial charge on any atom is -0.351 e. The minimum atomic E-state index is -4.69. The summed E-state index contributed by atoms with van der Waals surface area (Å²) in [6.07, 6.45) is -0.200. The number of benzene rings is 1. The van der Waals surface area contributed by atoms with E-state index in [0.29, 0.717) is 38.2 Å². The van der Waals surface area contributed by atoms with Gasteiger partial charge >= 0.3 is 6.18 Å². The van der Waals surface area contributed by atoms with Gasteiger partial charge in [-0.3, -0.25) is 0 Å². The van der Waals surface area contributed by atoms with E-state index in [1.165, 1.54) is 21.4 Å². The average Bonchev–Trinajstić information content (AvgIpc) is 3.37. The van der Waals surface area contributed by atoms with Gasteiger partial charge in [-0.25, -0.2) is 27.4 Å². The number of anilines is 1. The van der Waals surface area contributed by atoms with Crippen LogP contribution in [0, 0.1) is 6.92 Å². The fourth-order valence-corrected chi connectivity index (χ4v) is 5.57. The molecule has 4 rings (SSSR count). The van der Waals surface area contributed by atoms with Crippen LogP contribution in [0.25, 0.3) is 16.9 Å². The standard InChI is InChI=1S/C24H27B3F3N7O2S/c1-3-40(38,39)36-8-6-18(7-9-36)34-22-31-13-19(23(28,29)30)21(35-22)17-12-33-37(14-17)20-5-4-16(10-15(20)2)11-32-24(25,26)27/h4-5,10,12-14,18,32H,3,6-9,11H2,1-2H3,(H,31,34,35). The van der Waals surface area contributed by atoms with E-state index in [-0.39, 0.29) is 29.0 Å². The third-order valence-corrected chi connectivity index (χ3v) is 8.48. The molecule has 1 aliphatic heterocycles. The van der Waals surface area contributed by atoms with Crippen LogP contribution in [0.2, 0.25) is 0 Å².